The fraction of sp³-hybridized carbons (Fsp3) is 0.682. The second kappa shape index (κ2) is 10.5. The lowest BCUT2D eigenvalue weighted by molar-refractivity contribution is -0.294. The molecule has 2 rings (SSSR count). The molecule has 2 aliphatic carbocycles. The molecule has 0 radical (unpaired) electrons. The van der Waals surface area contributed by atoms with Crippen molar-refractivity contribution in [2.24, 2.45) is 28.6 Å². The second-order valence-corrected chi connectivity index (χ2v) is 9.57. The quantitative estimate of drug-likeness (QED) is 0.276. The molecule has 0 spiro atoms. The van der Waals surface area contributed by atoms with E-state index in [0.717, 1.165) is 0 Å². The van der Waals surface area contributed by atoms with Crippen LogP contribution in [0.15, 0.2) is 8.96 Å². The van der Waals surface area contributed by atoms with E-state index in [1.165, 1.54) is 28.4 Å². The number of ether oxygens (including phenoxy) is 4. The molecule has 0 N–H and O–H groups in total. The maximum Gasteiger partial charge on any atom is 0.310 e. The third kappa shape index (κ3) is 3.51. The van der Waals surface area contributed by atoms with Crippen molar-refractivity contribution in [3.63, 3.8) is 0 Å². The van der Waals surface area contributed by atoms with Gasteiger partial charge in [-0.1, -0.05) is 31.9 Å². The molecule has 0 heterocycles. The van der Waals surface area contributed by atoms with Crippen LogP contribution in [0.25, 0.3) is 0 Å². The van der Waals surface area contributed by atoms with Crippen LogP contribution in [0.1, 0.15) is 32.1 Å². The van der Waals surface area contributed by atoms with Crippen LogP contribution in [0.4, 0.5) is 0 Å². The van der Waals surface area contributed by atoms with Crippen LogP contribution >= 0.6 is 31.9 Å². The van der Waals surface area contributed by atoms with Crippen LogP contribution in [0.2, 0.25) is 0 Å². The van der Waals surface area contributed by atoms with E-state index >= 15 is 0 Å². The monoisotopic (exact) mass is 585 g/mol. The minimum atomic E-state index is -1.63. The molecule has 1 unspecified atom stereocenters. The lowest BCUT2D eigenvalue weighted by atomic mass is 9.66. The molecule has 2 aliphatic rings. The number of nitrogens with zero attached hydrogens (tertiary/aromatic N) is 3. The van der Waals surface area contributed by atoms with Crippen molar-refractivity contribution >= 4 is 43.8 Å². The summed E-state index contributed by atoms with van der Waals surface area (Å²) < 4.78 is 23.4. The summed E-state index contributed by atoms with van der Waals surface area (Å²) in [5.74, 6) is -5.97. The largest absolute Gasteiger partial charge is 0.469 e. The fourth-order valence-corrected chi connectivity index (χ4v) is 8.03. The molecule has 0 aromatic rings. The van der Waals surface area contributed by atoms with E-state index < -0.39 is 46.3 Å². The molecule has 0 saturated heterocycles. The number of halogens is 2. The number of methoxy groups -OCH3 is 4. The maximum absolute atomic E-state index is 13.3. The molecule has 0 aromatic carbocycles. The van der Waals surface area contributed by atoms with Crippen LogP contribution in [0, 0.1) is 62.6 Å². The Morgan fingerprint density at radius 3 is 1.82 bits per heavy atom. The normalized spacial score (nSPS) is 30.2. The molecular formula is C22H25Br2N3O6. The first kappa shape index (κ1) is 27.3. The molecule has 0 aliphatic heterocycles. The van der Waals surface area contributed by atoms with E-state index in [0.29, 0.717) is 8.96 Å². The first-order chi connectivity index (χ1) is 15.7. The summed E-state index contributed by atoms with van der Waals surface area (Å²) in [7, 11) is 5.22. The van der Waals surface area contributed by atoms with Gasteiger partial charge in [0.05, 0.1) is 55.1 Å². The van der Waals surface area contributed by atoms with Crippen LogP contribution in [-0.4, -0.2) is 46.2 Å². The van der Waals surface area contributed by atoms with Gasteiger partial charge in [0.1, 0.15) is 0 Å². The number of hydrogen-bond donors (Lipinski definition) is 0. The highest BCUT2D eigenvalue weighted by atomic mass is 79.9. The predicted molar refractivity (Wildman–Crippen MR) is 121 cm³/mol. The van der Waals surface area contributed by atoms with Crippen LogP contribution in [0.5, 0.6) is 0 Å². The van der Waals surface area contributed by atoms with Crippen molar-refractivity contribution in [2.45, 2.75) is 37.9 Å². The average Bonchev–Trinajstić information content (AvgIpc) is 3.14. The van der Waals surface area contributed by atoms with Crippen LogP contribution in [-0.2, 0) is 28.5 Å². The number of fused-ring (bicyclic) bond motifs is 2. The number of rotatable bonds is 10. The number of esters is 2. The van der Waals surface area contributed by atoms with Crippen molar-refractivity contribution in [1.29, 1.82) is 15.8 Å². The molecular weight excluding hydrogens is 562 g/mol. The third-order valence-corrected chi connectivity index (χ3v) is 9.76. The zero-order valence-corrected chi connectivity index (χ0v) is 22.0. The van der Waals surface area contributed by atoms with Crippen LogP contribution < -0.4 is 0 Å². The lowest BCUT2D eigenvalue weighted by Crippen LogP contribution is -2.56. The van der Waals surface area contributed by atoms with Gasteiger partial charge in [0, 0.05) is 41.9 Å². The maximum atomic E-state index is 13.3. The molecule has 1 fully saturated rings. The van der Waals surface area contributed by atoms with Crippen molar-refractivity contribution in [3.8, 4) is 18.2 Å². The van der Waals surface area contributed by atoms with Crippen molar-refractivity contribution in [1.82, 2.24) is 0 Å². The smallest absolute Gasteiger partial charge is 0.310 e. The molecule has 33 heavy (non-hydrogen) atoms. The summed E-state index contributed by atoms with van der Waals surface area (Å²) in [5, 5.41) is 28.3. The average molecular weight is 587 g/mol. The predicted octanol–water partition coefficient (Wildman–Crippen LogP) is 3.69. The number of carbonyl (C=O) groups excluding carboxylic acids is 2. The molecule has 1 saturated carbocycles. The lowest BCUT2D eigenvalue weighted by Gasteiger charge is -2.47. The molecule has 9 nitrogen and oxygen atoms in total. The Labute approximate surface area is 209 Å². The van der Waals surface area contributed by atoms with E-state index in [1.54, 1.807) is 0 Å². The fourth-order valence-electron chi connectivity index (χ4n) is 5.94. The molecule has 2 bridgehead atoms. The van der Waals surface area contributed by atoms with Crippen molar-refractivity contribution in [3.05, 3.63) is 8.96 Å². The molecule has 178 valence electrons. The van der Waals surface area contributed by atoms with Gasteiger partial charge in [-0.2, -0.15) is 15.8 Å². The Kier molecular flexibility index (Phi) is 8.70. The summed E-state index contributed by atoms with van der Waals surface area (Å²) in [6.07, 6.45) is 0.539. The minimum Gasteiger partial charge on any atom is -0.469 e. The Hall–Kier alpha value is -1.97. The zero-order valence-electron chi connectivity index (χ0n) is 18.8. The van der Waals surface area contributed by atoms with Gasteiger partial charge in [-0.05, 0) is 19.3 Å². The Bertz CT molecular complexity index is 961. The van der Waals surface area contributed by atoms with Gasteiger partial charge >= 0.3 is 11.9 Å². The van der Waals surface area contributed by atoms with E-state index in [1.807, 2.05) is 6.07 Å². The van der Waals surface area contributed by atoms with Gasteiger partial charge in [-0.15, -0.1) is 0 Å². The Morgan fingerprint density at radius 2 is 1.39 bits per heavy atom. The standard InChI is InChI=1S/C22H25Br2N3O6/c1-30-18(28)14-15(19(29)31-2)21(11-13(12-27)7-5-9-25)17(24)16(23)20(14,8-6-10-26)22(21,32-3)33-4/h13-15H,5-8,11H2,1-4H3/t13?,14-,15+,20-,21+/m0/s1. The summed E-state index contributed by atoms with van der Waals surface area (Å²) in [6, 6.07) is 6.34. The van der Waals surface area contributed by atoms with E-state index in [9.17, 15) is 20.1 Å². The van der Waals surface area contributed by atoms with Crippen molar-refractivity contribution < 1.29 is 28.5 Å². The first-order valence-corrected chi connectivity index (χ1v) is 11.7. The number of hydrogen-bond acceptors (Lipinski definition) is 9. The summed E-state index contributed by atoms with van der Waals surface area (Å²) >= 11 is 7.23. The topological polar surface area (TPSA) is 142 Å². The SMILES string of the molecule is COC(=O)[C@@H]1[C@H](C(=O)OC)[C@]2(CC(C#N)CCC#N)C(Br)=C(Br)[C@@]1(CCC#N)C2(OC)OC. The van der Waals surface area contributed by atoms with Crippen LogP contribution in [0.3, 0.4) is 0 Å². The second-order valence-electron chi connectivity index (χ2n) is 7.98. The molecule has 0 amide bonds. The highest BCUT2D eigenvalue weighted by Gasteiger charge is 2.86. The van der Waals surface area contributed by atoms with Gasteiger partial charge in [-0.25, -0.2) is 0 Å². The third-order valence-electron chi connectivity index (χ3n) is 7.02. The van der Waals surface area contributed by atoms with E-state index in [4.69, 9.17) is 24.2 Å². The summed E-state index contributed by atoms with van der Waals surface area (Å²) in [5.41, 5.74) is -2.71. The zero-order chi connectivity index (χ0) is 25.0. The highest BCUT2D eigenvalue weighted by molar-refractivity contribution is 9.14. The number of nitriles is 3. The first-order valence-electron chi connectivity index (χ1n) is 10.2. The Morgan fingerprint density at radius 1 is 0.909 bits per heavy atom. The number of carbonyl (C=O) groups is 2. The van der Waals surface area contributed by atoms with E-state index in [2.05, 4.69) is 44.0 Å². The molecule has 11 heteroatoms. The van der Waals surface area contributed by atoms with Gasteiger partial charge in [0.2, 0.25) is 0 Å². The summed E-state index contributed by atoms with van der Waals surface area (Å²) in [4.78, 5) is 26.6. The molecule has 5 atom stereocenters. The van der Waals surface area contributed by atoms with Crippen molar-refractivity contribution in [2.75, 3.05) is 28.4 Å². The summed E-state index contributed by atoms with van der Waals surface area (Å²) in [6.45, 7) is 0. The highest BCUT2D eigenvalue weighted by Crippen LogP contribution is 2.81. The Balaban J connectivity index is 2.99. The van der Waals surface area contributed by atoms with Gasteiger partial charge in [-0.3, -0.25) is 9.59 Å². The molecule has 0 aromatic heterocycles. The van der Waals surface area contributed by atoms with Gasteiger partial charge in [0.25, 0.3) is 0 Å². The van der Waals surface area contributed by atoms with E-state index in [-0.39, 0.29) is 32.1 Å². The minimum absolute atomic E-state index is 0.0252. The van der Waals surface area contributed by atoms with Gasteiger partial charge in [0.15, 0.2) is 5.79 Å². The van der Waals surface area contributed by atoms with Gasteiger partial charge < -0.3 is 18.9 Å².